The van der Waals surface area contributed by atoms with Crippen molar-refractivity contribution in [1.82, 2.24) is 16.0 Å². The molecule has 0 saturated carbocycles. The number of aliphatic hydroxyl groups is 20. The maximum absolute atomic E-state index is 12.8. The highest BCUT2D eigenvalue weighted by atomic mass is 16.8. The summed E-state index contributed by atoms with van der Waals surface area (Å²) >= 11 is 0. The van der Waals surface area contributed by atoms with Crippen LogP contribution < -0.4 is 21.7 Å². The first-order valence-corrected chi connectivity index (χ1v) is 28.9. The SMILES string of the molecule is CC(=O)NC1C(NC(=O)CC(N)C(=O)O)OC(CO)C(OC2OC(CO)C(OC3OC(COC4OC(COC5OC(CO)C(O)C(O)C5O)C(O)C(OC5OC(CO)C(O)C(O)C5O)C4O)C(O)C(OC4OC(CO)C(O)C(O)C4O)C3O)C(O)C2NC(C)=O)C1O. The van der Waals surface area contributed by atoms with E-state index in [4.69, 9.17) is 67.3 Å². The zero-order valence-electron chi connectivity index (χ0n) is 48.9. The van der Waals surface area contributed by atoms with E-state index in [1.165, 1.54) is 0 Å². The van der Waals surface area contributed by atoms with Crippen molar-refractivity contribution in [1.29, 1.82) is 0 Å². The minimum Gasteiger partial charge on any atom is -0.480 e. The van der Waals surface area contributed by atoms with Gasteiger partial charge in [-0.05, 0) is 0 Å². The van der Waals surface area contributed by atoms with E-state index in [2.05, 4.69) is 16.0 Å². The summed E-state index contributed by atoms with van der Waals surface area (Å²) in [7, 11) is 0. The molecular weight excluding hydrogens is 1260 g/mol. The number of amides is 3. The first kappa shape index (κ1) is 75.9. The van der Waals surface area contributed by atoms with E-state index in [1.54, 1.807) is 0 Å². The maximum Gasteiger partial charge on any atom is 0.321 e. The lowest BCUT2D eigenvalue weighted by Crippen LogP contribution is -2.71. The highest BCUT2D eigenvalue weighted by Crippen LogP contribution is 2.37. The summed E-state index contributed by atoms with van der Waals surface area (Å²) in [6.45, 7) is -5.15. The number of nitrogens with two attached hydrogens (primary N) is 1. The molecule has 0 aromatic rings. The molecule has 36 atom stereocenters. The van der Waals surface area contributed by atoms with Crippen molar-refractivity contribution >= 4 is 23.7 Å². The Labute approximate surface area is 519 Å². The summed E-state index contributed by atoms with van der Waals surface area (Å²) in [6, 6.07) is -5.25. The van der Waals surface area contributed by atoms with E-state index in [0.29, 0.717) is 0 Å². The van der Waals surface area contributed by atoms with Gasteiger partial charge in [0.25, 0.3) is 0 Å². The standard InChI is InChI=1S/C50H84N4O38/c1-11(60)52-22-29(68)39(17(7-58)82-43(22)54-21(62)3-13(51)44(78)79)89-45-23(53-12(2)61)30(69)40(18(8-59)86-45)90-50-38(77)42(92-49-36(75)33(72)26(65)16(6-57)85-49)28(67)20(88-50)10-81-47-37(76)41(91-48-35(74)32(71)25(64)15(5-56)84-48)27(66)19(87-47)9-80-46-34(73)31(70)24(63)14(4-55)83-46/h13-20,22-43,45-50,55-59,63-77H,3-10,51H2,1-2H3,(H,52,60)(H,53,61)(H,54,62)(H,78,79). The van der Waals surface area contributed by atoms with Crippen molar-refractivity contribution in [3.63, 3.8) is 0 Å². The average Bonchev–Trinajstić information content (AvgIpc) is 0.781. The predicted octanol–water partition coefficient (Wildman–Crippen LogP) is -17.1. The molecule has 0 aromatic heterocycles. The van der Waals surface area contributed by atoms with Gasteiger partial charge in [0, 0.05) is 13.8 Å². The Morgan fingerprint density at radius 1 is 0.370 bits per heavy atom. The lowest BCUT2D eigenvalue weighted by molar-refractivity contribution is -0.387. The van der Waals surface area contributed by atoms with Gasteiger partial charge >= 0.3 is 5.97 Å². The molecule has 7 fully saturated rings. The van der Waals surface area contributed by atoms with Crippen LogP contribution in [0.4, 0.5) is 0 Å². The number of ether oxygens (including phenoxy) is 13. The van der Waals surface area contributed by atoms with E-state index < -0.39 is 297 Å². The van der Waals surface area contributed by atoms with Gasteiger partial charge in [-0.1, -0.05) is 0 Å². The number of carbonyl (C=O) groups excluding carboxylic acids is 3. The Balaban J connectivity index is 1.17. The van der Waals surface area contributed by atoms with Gasteiger partial charge in [0.2, 0.25) is 17.7 Å². The molecule has 7 heterocycles. The van der Waals surface area contributed by atoms with Crippen molar-refractivity contribution in [2.24, 2.45) is 5.73 Å². The number of rotatable bonds is 25. The van der Waals surface area contributed by atoms with Crippen LogP contribution in [0, 0.1) is 0 Å². The molecule has 0 aromatic carbocycles. The molecule has 26 N–H and O–H groups in total. The molecule has 7 rings (SSSR count). The van der Waals surface area contributed by atoms with Crippen LogP contribution in [0.5, 0.6) is 0 Å². The fourth-order valence-corrected chi connectivity index (χ4v) is 11.2. The number of carboxylic acid groups (broad SMARTS) is 1. The molecule has 36 unspecified atom stereocenters. The number of carbonyl (C=O) groups is 4. The Morgan fingerprint density at radius 3 is 1.13 bits per heavy atom. The largest absolute Gasteiger partial charge is 0.480 e. The molecule has 92 heavy (non-hydrogen) atoms. The van der Waals surface area contributed by atoms with Crippen LogP contribution >= 0.6 is 0 Å². The zero-order chi connectivity index (χ0) is 68.1. The molecular formula is C50H84N4O38. The lowest BCUT2D eigenvalue weighted by atomic mass is 9.93. The quantitative estimate of drug-likeness (QED) is 0.0404. The van der Waals surface area contributed by atoms with Gasteiger partial charge in [-0.2, -0.15) is 0 Å². The van der Waals surface area contributed by atoms with Crippen molar-refractivity contribution in [2.45, 2.75) is 241 Å². The zero-order valence-corrected chi connectivity index (χ0v) is 48.9. The van der Waals surface area contributed by atoms with Gasteiger partial charge in [0.1, 0.15) is 177 Å². The molecule has 0 spiro atoms. The van der Waals surface area contributed by atoms with Crippen LogP contribution in [0.2, 0.25) is 0 Å². The second-order valence-corrected chi connectivity index (χ2v) is 22.9. The number of carboxylic acids is 1. The third kappa shape index (κ3) is 17.1. The number of aliphatic carboxylic acids is 1. The monoisotopic (exact) mass is 1350 g/mol. The van der Waals surface area contributed by atoms with Crippen LogP contribution in [-0.2, 0) is 80.8 Å². The van der Waals surface area contributed by atoms with Gasteiger partial charge in [-0.3, -0.25) is 19.2 Å². The minimum absolute atomic E-state index is 0.817. The Kier molecular flexibility index (Phi) is 27.4. The van der Waals surface area contributed by atoms with E-state index in [9.17, 15) is 126 Å². The maximum atomic E-state index is 12.8. The first-order chi connectivity index (χ1) is 43.4. The van der Waals surface area contributed by atoms with E-state index in [0.717, 1.165) is 13.8 Å². The number of nitrogens with one attached hydrogen (secondary N) is 3. The molecule has 7 aliphatic rings. The summed E-state index contributed by atoms with van der Waals surface area (Å²) in [6.07, 6.45) is -67.2. The van der Waals surface area contributed by atoms with Crippen molar-refractivity contribution in [3.8, 4) is 0 Å². The summed E-state index contributed by atoms with van der Waals surface area (Å²) in [5.41, 5.74) is 5.48. The third-order valence-corrected chi connectivity index (χ3v) is 16.4. The van der Waals surface area contributed by atoms with Crippen molar-refractivity contribution < 1.29 is 188 Å². The summed E-state index contributed by atoms with van der Waals surface area (Å²) in [5, 5.41) is 234. The normalized spacial score (nSPS) is 47.2. The summed E-state index contributed by atoms with van der Waals surface area (Å²) in [5.74, 6) is -4.34. The van der Waals surface area contributed by atoms with Crippen LogP contribution in [0.25, 0.3) is 0 Å². The number of hydrogen-bond acceptors (Lipinski definition) is 38. The highest BCUT2D eigenvalue weighted by molar-refractivity contribution is 5.84. The van der Waals surface area contributed by atoms with Crippen LogP contribution in [-0.4, -0.2) is 398 Å². The lowest BCUT2D eigenvalue weighted by Gasteiger charge is -2.50. The molecule has 3 amide bonds. The van der Waals surface area contributed by atoms with E-state index in [1.807, 2.05) is 0 Å². The molecule has 0 bridgehead atoms. The molecule has 0 radical (unpaired) electrons. The predicted molar refractivity (Wildman–Crippen MR) is 281 cm³/mol. The van der Waals surface area contributed by atoms with Crippen LogP contribution in [0.3, 0.4) is 0 Å². The fraction of sp³-hybridized carbons (Fsp3) is 0.920. The minimum atomic E-state index is -2.39. The molecule has 42 heteroatoms. The molecule has 7 saturated heterocycles. The molecule has 42 nitrogen and oxygen atoms in total. The van der Waals surface area contributed by atoms with E-state index in [-0.39, 0.29) is 0 Å². The summed E-state index contributed by atoms with van der Waals surface area (Å²) < 4.78 is 75.0. The Hall–Kier alpha value is -3.48. The van der Waals surface area contributed by atoms with Gasteiger partial charge < -0.3 is 191 Å². The topological polar surface area (TPSA) is 675 Å². The first-order valence-electron chi connectivity index (χ1n) is 28.9. The molecule has 7 aliphatic heterocycles. The second-order valence-electron chi connectivity index (χ2n) is 22.9. The van der Waals surface area contributed by atoms with Gasteiger partial charge in [-0.15, -0.1) is 0 Å². The Bertz CT molecular complexity index is 2360. The number of hydrogen-bond donors (Lipinski definition) is 25. The average molecular weight is 1350 g/mol. The van der Waals surface area contributed by atoms with E-state index >= 15 is 0 Å². The van der Waals surface area contributed by atoms with Crippen LogP contribution in [0.15, 0.2) is 0 Å². The van der Waals surface area contributed by atoms with Gasteiger partial charge in [-0.25, -0.2) is 0 Å². The van der Waals surface area contributed by atoms with Gasteiger partial charge in [0.05, 0.1) is 52.7 Å². The highest BCUT2D eigenvalue weighted by Gasteiger charge is 2.58. The van der Waals surface area contributed by atoms with Crippen LogP contribution in [0.1, 0.15) is 20.3 Å². The number of aliphatic hydroxyl groups excluding tert-OH is 20. The van der Waals surface area contributed by atoms with Crippen molar-refractivity contribution in [3.05, 3.63) is 0 Å². The molecule has 532 valence electrons. The molecule has 0 aliphatic carbocycles. The second kappa shape index (κ2) is 33.2. The van der Waals surface area contributed by atoms with Gasteiger partial charge in [0.15, 0.2) is 44.0 Å². The third-order valence-electron chi connectivity index (χ3n) is 16.4. The summed E-state index contributed by atoms with van der Waals surface area (Å²) in [4.78, 5) is 49.4. The van der Waals surface area contributed by atoms with Crippen molar-refractivity contribution in [2.75, 3.05) is 46.2 Å². The Morgan fingerprint density at radius 2 is 0.696 bits per heavy atom. The smallest absolute Gasteiger partial charge is 0.321 e. The fourth-order valence-electron chi connectivity index (χ4n) is 11.2.